The summed E-state index contributed by atoms with van der Waals surface area (Å²) < 4.78 is 5.48. The van der Waals surface area contributed by atoms with Crippen LogP contribution in [0.25, 0.3) is 0 Å². The zero-order chi connectivity index (χ0) is 50.0. The third kappa shape index (κ3) is 55.2. The van der Waals surface area contributed by atoms with Crippen molar-refractivity contribution >= 4 is 11.9 Å². The van der Waals surface area contributed by atoms with Gasteiger partial charge in [-0.2, -0.15) is 0 Å². The second-order valence-electron chi connectivity index (χ2n) is 21.0. The lowest BCUT2D eigenvalue weighted by atomic mass is 10.0. The number of aliphatic hydroxyl groups excluding tert-OH is 2. The molecule has 0 bridgehead atoms. The molecule has 0 aromatic carbocycles. The summed E-state index contributed by atoms with van der Waals surface area (Å²) in [6.45, 7) is 4.93. The summed E-state index contributed by atoms with van der Waals surface area (Å²) in [6, 6.07) is -0.543. The summed E-state index contributed by atoms with van der Waals surface area (Å²) in [5.41, 5.74) is 0. The summed E-state index contributed by atoms with van der Waals surface area (Å²) in [6.07, 6.45) is 73.0. The number of unbranched alkanes of at least 4 members (excludes halogenated alkanes) is 40. The molecule has 69 heavy (non-hydrogen) atoms. The Morgan fingerprint density at radius 1 is 0.406 bits per heavy atom. The molecule has 0 saturated heterocycles. The number of allylic oxidation sites excluding steroid dienone is 6. The maximum absolute atomic E-state index is 12.4. The number of esters is 1. The van der Waals surface area contributed by atoms with Crippen LogP contribution in [0.3, 0.4) is 0 Å². The highest BCUT2D eigenvalue weighted by molar-refractivity contribution is 5.76. The minimum Gasteiger partial charge on any atom is -0.466 e. The van der Waals surface area contributed by atoms with Gasteiger partial charge in [0.15, 0.2) is 0 Å². The summed E-state index contributed by atoms with van der Waals surface area (Å²) in [4.78, 5) is 24.5. The Morgan fingerprint density at radius 2 is 0.725 bits per heavy atom. The average molecular weight is 971 g/mol. The molecule has 0 spiro atoms. The van der Waals surface area contributed by atoms with Crippen LogP contribution in [0, 0.1) is 0 Å². The molecule has 0 aromatic heterocycles. The molecule has 6 heteroatoms. The van der Waals surface area contributed by atoms with Crippen molar-refractivity contribution in [3.8, 4) is 0 Å². The molecule has 0 aliphatic rings. The second kappa shape index (κ2) is 58.6. The molecule has 2 atom stereocenters. The molecular formula is C63H119NO5. The number of amides is 1. The van der Waals surface area contributed by atoms with E-state index >= 15 is 0 Å². The second-order valence-corrected chi connectivity index (χ2v) is 21.0. The van der Waals surface area contributed by atoms with Crippen LogP contribution in [0.2, 0.25) is 0 Å². The monoisotopic (exact) mass is 970 g/mol. The van der Waals surface area contributed by atoms with Crippen molar-refractivity contribution in [3.63, 3.8) is 0 Å². The molecule has 2 unspecified atom stereocenters. The fourth-order valence-electron chi connectivity index (χ4n) is 9.43. The molecule has 0 saturated carbocycles. The van der Waals surface area contributed by atoms with Gasteiger partial charge in [0.2, 0.25) is 5.91 Å². The van der Waals surface area contributed by atoms with Crippen molar-refractivity contribution < 1.29 is 24.5 Å². The standard InChI is InChI=1S/C63H119NO5/c1-3-5-7-9-11-13-15-16-17-30-33-37-41-45-49-53-57-63(68)69-58-54-50-46-42-38-34-31-28-26-24-22-20-18-19-21-23-25-27-29-32-36-40-44-48-52-56-62(67)64-60(59-65)61(66)55-51-47-43-39-35-14-12-10-8-6-4-2/h13,15,17,19,21,30,60-61,65-66H,3-12,14,16,18,20,22-29,31-59H2,1-2H3,(H,64,67)/b15-13-,21-19-,30-17-. The molecule has 0 fully saturated rings. The number of nitrogens with one attached hydrogen (secondary N) is 1. The zero-order valence-electron chi connectivity index (χ0n) is 46.3. The van der Waals surface area contributed by atoms with Crippen LogP contribution in [0.4, 0.5) is 0 Å². The van der Waals surface area contributed by atoms with Gasteiger partial charge in [0.05, 0.1) is 25.4 Å². The molecule has 1 amide bonds. The highest BCUT2D eigenvalue weighted by Crippen LogP contribution is 2.17. The topological polar surface area (TPSA) is 95.9 Å². The van der Waals surface area contributed by atoms with E-state index in [9.17, 15) is 19.8 Å². The Bertz CT molecular complexity index is 1120. The molecule has 0 aromatic rings. The van der Waals surface area contributed by atoms with Gasteiger partial charge in [-0.3, -0.25) is 9.59 Å². The highest BCUT2D eigenvalue weighted by atomic mass is 16.5. The number of aliphatic hydroxyl groups is 2. The lowest BCUT2D eigenvalue weighted by molar-refractivity contribution is -0.143. The van der Waals surface area contributed by atoms with E-state index in [1.54, 1.807) is 0 Å². The first-order valence-corrected chi connectivity index (χ1v) is 30.7. The predicted molar refractivity (Wildman–Crippen MR) is 301 cm³/mol. The maximum atomic E-state index is 12.4. The van der Waals surface area contributed by atoms with Crippen LogP contribution in [0.1, 0.15) is 328 Å². The van der Waals surface area contributed by atoms with Crippen LogP contribution in [0.5, 0.6) is 0 Å². The lowest BCUT2D eigenvalue weighted by Crippen LogP contribution is -2.45. The van der Waals surface area contributed by atoms with E-state index < -0.39 is 12.1 Å². The maximum Gasteiger partial charge on any atom is 0.305 e. The zero-order valence-corrected chi connectivity index (χ0v) is 46.3. The fraction of sp³-hybridized carbons (Fsp3) is 0.873. The van der Waals surface area contributed by atoms with Gasteiger partial charge < -0.3 is 20.3 Å². The quantitative estimate of drug-likeness (QED) is 0.0321. The van der Waals surface area contributed by atoms with Gasteiger partial charge in [0.25, 0.3) is 0 Å². The smallest absolute Gasteiger partial charge is 0.305 e. The Hall–Kier alpha value is -1.92. The minimum absolute atomic E-state index is 0.000120. The first kappa shape index (κ1) is 67.1. The molecule has 3 N–H and O–H groups in total. The van der Waals surface area contributed by atoms with Crippen LogP contribution < -0.4 is 5.32 Å². The number of carbonyl (C=O) groups is 2. The predicted octanol–water partition coefficient (Wildman–Crippen LogP) is 19.2. The first-order chi connectivity index (χ1) is 34.0. The molecule has 6 nitrogen and oxygen atoms in total. The van der Waals surface area contributed by atoms with Gasteiger partial charge in [-0.1, -0.05) is 269 Å². The molecule has 0 aliphatic carbocycles. The number of hydrogen-bond donors (Lipinski definition) is 3. The van der Waals surface area contributed by atoms with E-state index in [1.165, 1.54) is 244 Å². The van der Waals surface area contributed by atoms with Crippen molar-refractivity contribution in [1.29, 1.82) is 0 Å². The third-order valence-electron chi connectivity index (χ3n) is 14.2. The summed E-state index contributed by atoms with van der Waals surface area (Å²) >= 11 is 0. The number of carbonyl (C=O) groups excluding carboxylic acids is 2. The third-order valence-corrected chi connectivity index (χ3v) is 14.2. The Kier molecular flexibility index (Phi) is 57.0. The van der Waals surface area contributed by atoms with Gasteiger partial charge in [0, 0.05) is 12.8 Å². The van der Waals surface area contributed by atoms with Crippen molar-refractivity contribution in [2.45, 2.75) is 341 Å². The Morgan fingerprint density at radius 3 is 1.13 bits per heavy atom. The fourth-order valence-corrected chi connectivity index (χ4v) is 9.43. The van der Waals surface area contributed by atoms with Gasteiger partial charge in [-0.25, -0.2) is 0 Å². The number of hydrogen-bond acceptors (Lipinski definition) is 5. The first-order valence-electron chi connectivity index (χ1n) is 30.7. The number of ether oxygens (including phenoxy) is 1. The average Bonchev–Trinajstić information content (AvgIpc) is 3.35. The van der Waals surface area contributed by atoms with E-state index in [2.05, 4.69) is 55.6 Å². The molecule has 0 heterocycles. The van der Waals surface area contributed by atoms with Crippen molar-refractivity contribution in [2.24, 2.45) is 0 Å². The summed E-state index contributed by atoms with van der Waals surface area (Å²) in [7, 11) is 0. The molecular weight excluding hydrogens is 851 g/mol. The SMILES string of the molecule is CCCCCC/C=C\C/C=C\CCCCCCCC(=O)OCCCCCCCCCCCCCC/C=C\CCCCCCCCCCCC(=O)NC(CO)C(O)CCCCCCCCCCCCC. The lowest BCUT2D eigenvalue weighted by Gasteiger charge is -2.22. The van der Waals surface area contributed by atoms with E-state index in [0.717, 1.165) is 51.4 Å². The van der Waals surface area contributed by atoms with Gasteiger partial charge in [0.1, 0.15) is 0 Å². The Labute approximate surface area is 430 Å². The normalized spacial score (nSPS) is 12.8. The van der Waals surface area contributed by atoms with Crippen LogP contribution in [-0.4, -0.2) is 47.4 Å². The summed E-state index contributed by atoms with van der Waals surface area (Å²) in [5.74, 6) is -0.0389. The molecule has 0 rings (SSSR count). The number of rotatable bonds is 57. The molecule has 406 valence electrons. The summed E-state index contributed by atoms with van der Waals surface area (Å²) in [5, 5.41) is 23.2. The van der Waals surface area contributed by atoms with Crippen LogP contribution in [-0.2, 0) is 14.3 Å². The van der Waals surface area contributed by atoms with E-state index in [0.29, 0.717) is 25.9 Å². The van der Waals surface area contributed by atoms with Gasteiger partial charge in [-0.15, -0.1) is 0 Å². The van der Waals surface area contributed by atoms with Crippen molar-refractivity contribution in [2.75, 3.05) is 13.2 Å². The largest absolute Gasteiger partial charge is 0.466 e. The van der Waals surface area contributed by atoms with Crippen LogP contribution >= 0.6 is 0 Å². The van der Waals surface area contributed by atoms with Gasteiger partial charge in [-0.05, 0) is 83.5 Å². The van der Waals surface area contributed by atoms with Crippen LogP contribution in [0.15, 0.2) is 36.5 Å². The van der Waals surface area contributed by atoms with E-state index in [1.807, 2.05) is 0 Å². The Balaban J connectivity index is 3.38. The van der Waals surface area contributed by atoms with Gasteiger partial charge >= 0.3 is 5.97 Å². The molecule has 0 aliphatic heterocycles. The van der Waals surface area contributed by atoms with E-state index in [4.69, 9.17) is 4.74 Å². The van der Waals surface area contributed by atoms with Crippen molar-refractivity contribution in [1.82, 2.24) is 5.32 Å². The highest BCUT2D eigenvalue weighted by Gasteiger charge is 2.20. The van der Waals surface area contributed by atoms with Crippen molar-refractivity contribution in [3.05, 3.63) is 36.5 Å². The minimum atomic E-state index is -0.665. The molecule has 0 radical (unpaired) electrons. The van der Waals surface area contributed by atoms with E-state index in [-0.39, 0.29) is 18.5 Å².